The quantitative estimate of drug-likeness (QED) is 0.879. The van der Waals surface area contributed by atoms with E-state index in [1.807, 2.05) is 38.1 Å². The Morgan fingerprint density at radius 1 is 1.17 bits per heavy atom. The summed E-state index contributed by atoms with van der Waals surface area (Å²) in [4.78, 5) is 0. The van der Waals surface area contributed by atoms with Crippen molar-refractivity contribution < 1.29 is 9.84 Å². The largest absolute Gasteiger partial charge is 0.493 e. The SMILES string of the molecule is CCOc1ccccc1-c1ccc(C)n1CCO. The van der Waals surface area contributed by atoms with E-state index >= 15 is 0 Å². The standard InChI is InChI=1S/C15H19NO2/c1-3-18-15-7-5-4-6-13(15)14-9-8-12(2)16(14)10-11-17/h4-9,17H,3,10-11H2,1-2H3. The molecule has 0 aliphatic heterocycles. The summed E-state index contributed by atoms with van der Waals surface area (Å²) < 4.78 is 7.77. The van der Waals surface area contributed by atoms with Crippen LogP contribution in [0.25, 0.3) is 11.3 Å². The van der Waals surface area contributed by atoms with Crippen molar-refractivity contribution in [3.05, 3.63) is 42.1 Å². The van der Waals surface area contributed by atoms with E-state index in [0.29, 0.717) is 13.2 Å². The van der Waals surface area contributed by atoms with Gasteiger partial charge in [0, 0.05) is 17.8 Å². The van der Waals surface area contributed by atoms with Gasteiger partial charge in [0.1, 0.15) is 5.75 Å². The smallest absolute Gasteiger partial charge is 0.128 e. The molecule has 0 fully saturated rings. The second-order valence-electron chi connectivity index (χ2n) is 4.16. The van der Waals surface area contributed by atoms with Gasteiger partial charge < -0.3 is 14.4 Å². The topological polar surface area (TPSA) is 34.4 Å². The summed E-state index contributed by atoms with van der Waals surface area (Å²) in [6.07, 6.45) is 0. The molecule has 2 rings (SSSR count). The number of benzene rings is 1. The number of aliphatic hydroxyl groups is 1. The van der Waals surface area contributed by atoms with Gasteiger partial charge in [-0.1, -0.05) is 12.1 Å². The second kappa shape index (κ2) is 5.74. The van der Waals surface area contributed by atoms with Gasteiger partial charge in [0.05, 0.1) is 18.9 Å². The van der Waals surface area contributed by atoms with Crippen LogP contribution < -0.4 is 4.74 Å². The molecule has 3 heteroatoms. The highest BCUT2D eigenvalue weighted by atomic mass is 16.5. The van der Waals surface area contributed by atoms with Crippen LogP contribution in [-0.2, 0) is 6.54 Å². The van der Waals surface area contributed by atoms with Gasteiger partial charge in [0.2, 0.25) is 0 Å². The number of rotatable bonds is 5. The molecule has 18 heavy (non-hydrogen) atoms. The normalized spacial score (nSPS) is 10.6. The van der Waals surface area contributed by atoms with Crippen LogP contribution in [0, 0.1) is 6.92 Å². The van der Waals surface area contributed by atoms with Gasteiger partial charge in [-0.25, -0.2) is 0 Å². The Morgan fingerprint density at radius 3 is 2.67 bits per heavy atom. The van der Waals surface area contributed by atoms with Gasteiger partial charge >= 0.3 is 0 Å². The average molecular weight is 245 g/mol. The number of para-hydroxylation sites is 1. The fourth-order valence-electron chi connectivity index (χ4n) is 2.16. The van der Waals surface area contributed by atoms with E-state index in [4.69, 9.17) is 9.84 Å². The predicted octanol–water partition coefficient (Wildman–Crippen LogP) is 2.85. The van der Waals surface area contributed by atoms with E-state index < -0.39 is 0 Å². The minimum Gasteiger partial charge on any atom is -0.493 e. The molecule has 0 bridgehead atoms. The van der Waals surface area contributed by atoms with Crippen molar-refractivity contribution in [3.8, 4) is 17.0 Å². The summed E-state index contributed by atoms with van der Waals surface area (Å²) in [6.45, 7) is 5.42. The van der Waals surface area contributed by atoms with E-state index in [2.05, 4.69) is 16.7 Å². The molecule has 0 aliphatic rings. The molecule has 0 saturated carbocycles. The van der Waals surface area contributed by atoms with Crippen molar-refractivity contribution in [2.24, 2.45) is 0 Å². The summed E-state index contributed by atoms with van der Waals surface area (Å²) >= 11 is 0. The number of hydrogen-bond acceptors (Lipinski definition) is 2. The lowest BCUT2D eigenvalue weighted by Crippen LogP contribution is -2.06. The number of nitrogens with zero attached hydrogens (tertiary/aromatic N) is 1. The van der Waals surface area contributed by atoms with Crippen LogP contribution in [0.15, 0.2) is 36.4 Å². The summed E-state index contributed by atoms with van der Waals surface area (Å²) in [5.41, 5.74) is 3.30. The molecule has 1 aromatic heterocycles. The number of aliphatic hydroxyl groups excluding tert-OH is 1. The molecule has 1 N–H and O–H groups in total. The first-order chi connectivity index (χ1) is 8.77. The molecular weight excluding hydrogens is 226 g/mol. The Labute approximate surface area is 108 Å². The molecule has 1 aromatic carbocycles. The molecule has 3 nitrogen and oxygen atoms in total. The van der Waals surface area contributed by atoms with Crippen molar-refractivity contribution >= 4 is 0 Å². The average Bonchev–Trinajstić information content (AvgIpc) is 2.73. The van der Waals surface area contributed by atoms with Gasteiger partial charge in [0.15, 0.2) is 0 Å². The maximum atomic E-state index is 9.15. The van der Waals surface area contributed by atoms with Crippen molar-refractivity contribution in [3.63, 3.8) is 0 Å². The number of aryl methyl sites for hydroxylation is 1. The summed E-state index contributed by atoms with van der Waals surface area (Å²) in [5, 5.41) is 9.15. The van der Waals surface area contributed by atoms with E-state index in [1.165, 1.54) is 0 Å². The Bertz CT molecular complexity index is 517. The zero-order chi connectivity index (χ0) is 13.0. The van der Waals surface area contributed by atoms with Crippen molar-refractivity contribution in [2.75, 3.05) is 13.2 Å². The van der Waals surface area contributed by atoms with E-state index in [9.17, 15) is 0 Å². The van der Waals surface area contributed by atoms with Crippen molar-refractivity contribution in [2.45, 2.75) is 20.4 Å². The molecule has 0 radical (unpaired) electrons. The predicted molar refractivity (Wildman–Crippen MR) is 72.9 cm³/mol. The molecule has 96 valence electrons. The third-order valence-electron chi connectivity index (χ3n) is 2.99. The van der Waals surface area contributed by atoms with E-state index in [0.717, 1.165) is 22.7 Å². The number of ether oxygens (including phenoxy) is 1. The lowest BCUT2D eigenvalue weighted by atomic mass is 10.1. The monoisotopic (exact) mass is 245 g/mol. The van der Waals surface area contributed by atoms with Crippen LogP contribution in [0.4, 0.5) is 0 Å². The molecule has 1 heterocycles. The fraction of sp³-hybridized carbons (Fsp3) is 0.333. The minimum absolute atomic E-state index is 0.138. The molecule has 0 atom stereocenters. The lowest BCUT2D eigenvalue weighted by molar-refractivity contribution is 0.275. The Morgan fingerprint density at radius 2 is 1.94 bits per heavy atom. The summed E-state index contributed by atoms with van der Waals surface area (Å²) in [6, 6.07) is 12.1. The highest BCUT2D eigenvalue weighted by molar-refractivity contribution is 5.68. The van der Waals surface area contributed by atoms with Crippen LogP contribution in [0.2, 0.25) is 0 Å². The Balaban J connectivity index is 2.48. The molecule has 0 aliphatic carbocycles. The Hall–Kier alpha value is -1.74. The van der Waals surface area contributed by atoms with E-state index in [-0.39, 0.29) is 6.61 Å². The maximum absolute atomic E-state index is 9.15. The molecule has 0 spiro atoms. The highest BCUT2D eigenvalue weighted by Gasteiger charge is 2.11. The maximum Gasteiger partial charge on any atom is 0.128 e. The molecule has 0 saturated heterocycles. The van der Waals surface area contributed by atoms with Crippen LogP contribution >= 0.6 is 0 Å². The zero-order valence-corrected chi connectivity index (χ0v) is 10.9. The second-order valence-corrected chi connectivity index (χ2v) is 4.16. The van der Waals surface area contributed by atoms with Crippen molar-refractivity contribution in [1.82, 2.24) is 4.57 Å². The van der Waals surface area contributed by atoms with Crippen LogP contribution in [0.5, 0.6) is 5.75 Å². The molecule has 2 aromatic rings. The third-order valence-corrected chi connectivity index (χ3v) is 2.99. The highest BCUT2D eigenvalue weighted by Crippen LogP contribution is 2.31. The molecular formula is C15H19NO2. The van der Waals surface area contributed by atoms with Gasteiger partial charge in [-0.05, 0) is 38.1 Å². The Kier molecular flexibility index (Phi) is 4.05. The van der Waals surface area contributed by atoms with Crippen LogP contribution in [0.1, 0.15) is 12.6 Å². The first-order valence-corrected chi connectivity index (χ1v) is 6.27. The van der Waals surface area contributed by atoms with Crippen LogP contribution in [0.3, 0.4) is 0 Å². The molecule has 0 unspecified atom stereocenters. The summed E-state index contributed by atoms with van der Waals surface area (Å²) in [7, 11) is 0. The number of hydrogen-bond donors (Lipinski definition) is 1. The zero-order valence-electron chi connectivity index (χ0n) is 10.9. The number of aromatic nitrogens is 1. The van der Waals surface area contributed by atoms with Crippen LogP contribution in [-0.4, -0.2) is 22.9 Å². The van der Waals surface area contributed by atoms with E-state index in [1.54, 1.807) is 0 Å². The third kappa shape index (κ3) is 2.41. The van der Waals surface area contributed by atoms with Gasteiger partial charge in [-0.2, -0.15) is 0 Å². The van der Waals surface area contributed by atoms with Gasteiger partial charge in [-0.3, -0.25) is 0 Å². The first-order valence-electron chi connectivity index (χ1n) is 6.27. The van der Waals surface area contributed by atoms with Crippen molar-refractivity contribution in [1.29, 1.82) is 0 Å². The summed E-state index contributed by atoms with van der Waals surface area (Å²) in [5.74, 6) is 0.886. The first kappa shape index (κ1) is 12.7. The lowest BCUT2D eigenvalue weighted by Gasteiger charge is -2.14. The van der Waals surface area contributed by atoms with Gasteiger partial charge in [-0.15, -0.1) is 0 Å². The van der Waals surface area contributed by atoms with Gasteiger partial charge in [0.25, 0.3) is 0 Å². The fourth-order valence-corrected chi connectivity index (χ4v) is 2.16. The molecule has 0 amide bonds. The minimum atomic E-state index is 0.138.